The summed E-state index contributed by atoms with van der Waals surface area (Å²) in [5, 5.41) is 19.5. The average molecular weight is 323 g/mol. The van der Waals surface area contributed by atoms with Gasteiger partial charge in [0.1, 0.15) is 5.75 Å². The molecule has 3 rings (SSSR count). The van der Waals surface area contributed by atoms with E-state index in [1.165, 1.54) is 5.57 Å². The van der Waals surface area contributed by atoms with E-state index < -0.39 is 6.10 Å². The Morgan fingerprint density at radius 1 is 1.08 bits per heavy atom. The van der Waals surface area contributed by atoms with Gasteiger partial charge >= 0.3 is 0 Å². The second kappa shape index (κ2) is 7.32. The molecule has 0 saturated heterocycles. The van der Waals surface area contributed by atoms with E-state index in [0.717, 1.165) is 17.5 Å². The summed E-state index contributed by atoms with van der Waals surface area (Å²) in [5.41, 5.74) is 3.02. The molecule has 2 aromatic rings. The van der Waals surface area contributed by atoms with E-state index in [4.69, 9.17) is 0 Å². The zero-order chi connectivity index (χ0) is 16.9. The van der Waals surface area contributed by atoms with Gasteiger partial charge in [-0.2, -0.15) is 0 Å². The van der Waals surface area contributed by atoms with E-state index in [-0.39, 0.29) is 18.1 Å². The number of nitrogens with zero attached hydrogens (tertiary/aromatic N) is 1. The number of benzene rings is 2. The molecule has 0 saturated carbocycles. The monoisotopic (exact) mass is 323 g/mol. The summed E-state index contributed by atoms with van der Waals surface area (Å²) in [4.78, 5) is 14.1. The predicted octanol–water partition coefficient (Wildman–Crippen LogP) is 3.13. The first kappa shape index (κ1) is 16.3. The van der Waals surface area contributed by atoms with Crippen molar-refractivity contribution in [3.63, 3.8) is 0 Å². The lowest BCUT2D eigenvalue weighted by Crippen LogP contribution is -2.35. The van der Waals surface area contributed by atoms with Crippen LogP contribution in [0.2, 0.25) is 0 Å². The Bertz CT molecular complexity index is 722. The molecule has 2 N–H and O–H groups in total. The molecule has 0 bridgehead atoms. The summed E-state index contributed by atoms with van der Waals surface area (Å²) in [7, 11) is 0. The molecule has 0 spiro atoms. The lowest BCUT2D eigenvalue weighted by Gasteiger charge is -2.27. The summed E-state index contributed by atoms with van der Waals surface area (Å²) < 4.78 is 0. The highest BCUT2D eigenvalue weighted by Crippen LogP contribution is 2.25. The number of aliphatic hydroxyl groups excluding tert-OH is 1. The third-order valence-electron chi connectivity index (χ3n) is 4.35. The van der Waals surface area contributed by atoms with Crippen LogP contribution in [-0.4, -0.2) is 34.1 Å². The van der Waals surface area contributed by atoms with Gasteiger partial charge in [0.2, 0.25) is 5.91 Å². The number of amides is 1. The van der Waals surface area contributed by atoms with Crippen LogP contribution >= 0.6 is 0 Å². The number of hydrogen-bond acceptors (Lipinski definition) is 3. The largest absolute Gasteiger partial charge is 0.508 e. The van der Waals surface area contributed by atoms with Gasteiger partial charge in [0, 0.05) is 13.1 Å². The average Bonchev–Trinajstić information content (AvgIpc) is 2.63. The van der Waals surface area contributed by atoms with Crippen LogP contribution in [0.1, 0.15) is 30.1 Å². The van der Waals surface area contributed by atoms with Crippen LogP contribution in [-0.2, 0) is 4.79 Å². The molecule has 1 aliphatic rings. The molecule has 2 aromatic carbocycles. The molecule has 1 aliphatic heterocycles. The summed E-state index contributed by atoms with van der Waals surface area (Å²) in [5.74, 6) is 0.217. The van der Waals surface area contributed by atoms with E-state index in [1.54, 1.807) is 17.0 Å². The van der Waals surface area contributed by atoms with Crippen molar-refractivity contribution in [1.82, 2.24) is 4.90 Å². The fraction of sp³-hybridized carbons (Fsp3) is 0.250. The summed E-state index contributed by atoms with van der Waals surface area (Å²) in [6, 6.07) is 16.4. The van der Waals surface area contributed by atoms with Crippen molar-refractivity contribution in [2.45, 2.75) is 18.9 Å². The van der Waals surface area contributed by atoms with Gasteiger partial charge in [-0.1, -0.05) is 48.5 Å². The minimum Gasteiger partial charge on any atom is -0.508 e. The topological polar surface area (TPSA) is 60.8 Å². The predicted molar refractivity (Wildman–Crippen MR) is 93.3 cm³/mol. The maximum Gasteiger partial charge on any atom is 0.225 e. The molecule has 0 fully saturated rings. The number of rotatable bonds is 4. The van der Waals surface area contributed by atoms with Crippen LogP contribution in [0.15, 0.2) is 60.7 Å². The molecule has 0 aliphatic carbocycles. The second-order valence-corrected chi connectivity index (χ2v) is 6.00. The molecule has 124 valence electrons. The SMILES string of the molecule is O=C(CC(O)c1ccccc1)N1CC=C(c2ccc(O)cc2)CC1. The number of aliphatic hydroxyl groups is 1. The Morgan fingerprint density at radius 3 is 2.42 bits per heavy atom. The van der Waals surface area contributed by atoms with Crippen LogP contribution in [0, 0.1) is 0 Å². The quantitative estimate of drug-likeness (QED) is 0.909. The van der Waals surface area contributed by atoms with Gasteiger partial charge in [0.25, 0.3) is 0 Å². The molecule has 1 heterocycles. The highest BCUT2D eigenvalue weighted by atomic mass is 16.3. The maximum atomic E-state index is 12.4. The highest BCUT2D eigenvalue weighted by Gasteiger charge is 2.21. The fourth-order valence-electron chi connectivity index (χ4n) is 2.92. The molecule has 0 aromatic heterocycles. The molecule has 1 atom stereocenters. The number of phenolic OH excluding ortho intramolecular Hbond substituents is 1. The van der Waals surface area contributed by atoms with Crippen LogP contribution in [0.3, 0.4) is 0 Å². The zero-order valence-corrected chi connectivity index (χ0v) is 13.4. The second-order valence-electron chi connectivity index (χ2n) is 6.00. The molecule has 24 heavy (non-hydrogen) atoms. The Kier molecular flexibility index (Phi) is 4.96. The number of hydrogen-bond donors (Lipinski definition) is 2. The maximum absolute atomic E-state index is 12.4. The van der Waals surface area contributed by atoms with Crippen molar-refractivity contribution in [3.8, 4) is 5.75 Å². The van der Waals surface area contributed by atoms with Crippen molar-refractivity contribution in [2.24, 2.45) is 0 Å². The van der Waals surface area contributed by atoms with Gasteiger partial charge in [0.15, 0.2) is 0 Å². The molecular formula is C20H21NO3. The Morgan fingerprint density at radius 2 is 1.79 bits per heavy atom. The molecule has 0 radical (unpaired) electrons. The number of phenols is 1. The highest BCUT2D eigenvalue weighted by molar-refractivity contribution is 5.79. The zero-order valence-electron chi connectivity index (χ0n) is 13.4. The summed E-state index contributed by atoms with van der Waals surface area (Å²) >= 11 is 0. The van der Waals surface area contributed by atoms with Gasteiger partial charge in [-0.05, 0) is 35.3 Å². The first-order chi connectivity index (χ1) is 11.6. The Balaban J connectivity index is 1.59. The molecule has 1 unspecified atom stereocenters. The van der Waals surface area contributed by atoms with Crippen LogP contribution in [0.4, 0.5) is 0 Å². The van der Waals surface area contributed by atoms with Gasteiger partial charge in [-0.3, -0.25) is 4.79 Å². The third-order valence-corrected chi connectivity index (χ3v) is 4.35. The van der Waals surface area contributed by atoms with Crippen molar-refractivity contribution in [1.29, 1.82) is 0 Å². The van der Waals surface area contributed by atoms with E-state index in [0.29, 0.717) is 13.1 Å². The standard InChI is InChI=1S/C20H21NO3/c22-18-8-6-15(7-9-18)16-10-12-21(13-11-16)20(24)14-19(23)17-4-2-1-3-5-17/h1-10,19,22-23H,11-14H2. The molecular weight excluding hydrogens is 302 g/mol. The van der Waals surface area contributed by atoms with Gasteiger partial charge in [0.05, 0.1) is 12.5 Å². The van der Waals surface area contributed by atoms with Crippen LogP contribution in [0.5, 0.6) is 5.75 Å². The molecule has 4 heteroatoms. The minimum atomic E-state index is -0.763. The molecule has 1 amide bonds. The summed E-state index contributed by atoms with van der Waals surface area (Å²) in [6.07, 6.45) is 2.16. The molecule has 4 nitrogen and oxygen atoms in total. The number of carbonyl (C=O) groups is 1. The van der Waals surface area contributed by atoms with Gasteiger partial charge < -0.3 is 15.1 Å². The van der Waals surface area contributed by atoms with E-state index >= 15 is 0 Å². The van der Waals surface area contributed by atoms with Crippen molar-refractivity contribution >= 4 is 11.5 Å². The lowest BCUT2D eigenvalue weighted by molar-refractivity contribution is -0.132. The van der Waals surface area contributed by atoms with Gasteiger partial charge in [-0.25, -0.2) is 0 Å². The fourth-order valence-corrected chi connectivity index (χ4v) is 2.92. The number of carbonyl (C=O) groups excluding carboxylic acids is 1. The lowest BCUT2D eigenvalue weighted by atomic mass is 9.99. The van der Waals surface area contributed by atoms with Crippen molar-refractivity contribution < 1.29 is 15.0 Å². The first-order valence-electron chi connectivity index (χ1n) is 8.12. The Hall–Kier alpha value is -2.59. The first-order valence-corrected chi connectivity index (χ1v) is 8.12. The third kappa shape index (κ3) is 3.84. The van der Waals surface area contributed by atoms with Crippen molar-refractivity contribution in [2.75, 3.05) is 13.1 Å². The Labute approximate surface area is 141 Å². The van der Waals surface area contributed by atoms with E-state index in [2.05, 4.69) is 0 Å². The normalized spacial score (nSPS) is 15.7. The van der Waals surface area contributed by atoms with Crippen LogP contribution < -0.4 is 0 Å². The summed E-state index contributed by atoms with van der Waals surface area (Å²) in [6.45, 7) is 1.20. The smallest absolute Gasteiger partial charge is 0.225 e. The number of aromatic hydroxyl groups is 1. The van der Waals surface area contributed by atoms with E-state index in [1.807, 2.05) is 48.5 Å². The van der Waals surface area contributed by atoms with E-state index in [9.17, 15) is 15.0 Å². The van der Waals surface area contributed by atoms with Crippen LogP contribution in [0.25, 0.3) is 5.57 Å². The minimum absolute atomic E-state index is 0.0349. The van der Waals surface area contributed by atoms with Gasteiger partial charge in [-0.15, -0.1) is 0 Å². The van der Waals surface area contributed by atoms with Crippen molar-refractivity contribution in [3.05, 3.63) is 71.8 Å².